The summed E-state index contributed by atoms with van der Waals surface area (Å²) in [5.41, 5.74) is 4.95. The van der Waals surface area contributed by atoms with Crippen molar-refractivity contribution in [2.24, 2.45) is 0 Å². The van der Waals surface area contributed by atoms with Crippen molar-refractivity contribution in [1.29, 1.82) is 0 Å². The van der Waals surface area contributed by atoms with E-state index in [0.29, 0.717) is 11.4 Å². The van der Waals surface area contributed by atoms with Gasteiger partial charge in [0.2, 0.25) is 11.8 Å². The van der Waals surface area contributed by atoms with E-state index in [1.165, 1.54) is 30.3 Å². The molecule has 3 aromatic rings. The van der Waals surface area contributed by atoms with Crippen LogP contribution in [0, 0.1) is 0 Å². The second-order valence-corrected chi connectivity index (χ2v) is 9.24. The Hall–Kier alpha value is -5.37. The molecule has 0 saturated heterocycles. The Morgan fingerprint density at radius 1 is 0.932 bits per heavy atom. The van der Waals surface area contributed by atoms with Gasteiger partial charge in [-0.05, 0) is 65.7 Å². The van der Waals surface area contributed by atoms with Crippen LogP contribution < -0.4 is 25.8 Å². The minimum atomic E-state index is -5.08. The summed E-state index contributed by atoms with van der Waals surface area (Å²) >= 11 is 0. The fraction of sp³-hybridized carbons (Fsp3) is 0.200. The fourth-order valence-corrected chi connectivity index (χ4v) is 3.48. The lowest BCUT2D eigenvalue weighted by Crippen LogP contribution is -2.44. The largest absolute Gasteiger partial charge is 0.497 e. The maximum absolute atomic E-state index is 13.1. The highest BCUT2D eigenvalue weighted by Gasteiger charge is 2.38. The number of nitrogens with zero attached hydrogens (tertiary/aromatic N) is 1. The monoisotopic (exact) mass is 616 g/mol. The Kier molecular flexibility index (Phi) is 12.9. The maximum Gasteiger partial charge on any atom is 0.490 e. The number of methoxy groups -OCH3 is 1. The van der Waals surface area contributed by atoms with Gasteiger partial charge in [0.1, 0.15) is 11.8 Å². The summed E-state index contributed by atoms with van der Waals surface area (Å²) < 4.78 is 36.9. The van der Waals surface area contributed by atoms with Gasteiger partial charge in [-0.2, -0.15) is 13.2 Å². The summed E-state index contributed by atoms with van der Waals surface area (Å²) in [6.45, 7) is 0. The number of nitrogens with one attached hydrogen (secondary N) is 3. The Morgan fingerprint density at radius 2 is 1.50 bits per heavy atom. The van der Waals surface area contributed by atoms with Gasteiger partial charge in [-0.15, -0.1) is 0 Å². The highest BCUT2D eigenvalue weighted by molar-refractivity contribution is 6.00. The van der Waals surface area contributed by atoms with E-state index >= 15 is 0 Å². The van der Waals surface area contributed by atoms with Crippen molar-refractivity contribution in [3.05, 3.63) is 95.6 Å². The molecule has 0 radical (unpaired) electrons. The molecule has 0 bridgehead atoms. The number of hydrogen-bond donors (Lipinski definition) is 5. The summed E-state index contributed by atoms with van der Waals surface area (Å²) in [5, 5.41) is 21.4. The van der Waals surface area contributed by atoms with Gasteiger partial charge >= 0.3 is 12.1 Å². The van der Waals surface area contributed by atoms with Crippen molar-refractivity contribution in [3.63, 3.8) is 0 Å². The topological polar surface area (TPSA) is 157 Å². The predicted molar refractivity (Wildman–Crippen MR) is 156 cm³/mol. The van der Waals surface area contributed by atoms with E-state index in [-0.39, 0.29) is 12.0 Å². The van der Waals surface area contributed by atoms with Gasteiger partial charge in [0, 0.05) is 43.5 Å². The molecule has 3 rings (SSSR count). The minimum Gasteiger partial charge on any atom is -0.497 e. The molecule has 0 spiro atoms. The standard InChI is InChI=1S/C28H30N4O5.C2HF3O2/c1-32(2)23-13-4-19(5-14-23)8-17-26(33)30-25(18-20-6-15-24(37-3)16-7-20)28(35)29-22-11-9-21(10-12-22)27(34)31-36;3-2(4,5)1(6)7/h4-17,25,36H,18H2,1-3H3,(H,29,35)(H,30,33)(H,31,34);(H,6,7)/b17-8+;/t25-;/m0./s1. The van der Waals surface area contributed by atoms with Crippen molar-refractivity contribution < 1.29 is 47.4 Å². The first kappa shape index (κ1) is 34.8. The zero-order valence-electron chi connectivity index (χ0n) is 23.9. The molecule has 14 heteroatoms. The maximum atomic E-state index is 13.1. The van der Waals surface area contributed by atoms with Crippen molar-refractivity contribution in [2.45, 2.75) is 18.6 Å². The van der Waals surface area contributed by atoms with Gasteiger partial charge in [0.15, 0.2) is 0 Å². The van der Waals surface area contributed by atoms with Crippen LogP contribution >= 0.6 is 0 Å². The molecule has 0 aliphatic carbocycles. The van der Waals surface area contributed by atoms with Crippen LogP contribution in [0.25, 0.3) is 6.08 Å². The lowest BCUT2D eigenvalue weighted by molar-refractivity contribution is -0.192. The predicted octanol–water partition coefficient (Wildman–Crippen LogP) is 3.89. The Labute approximate surface area is 250 Å². The highest BCUT2D eigenvalue weighted by Crippen LogP contribution is 2.16. The lowest BCUT2D eigenvalue weighted by Gasteiger charge is -2.18. The van der Waals surface area contributed by atoms with E-state index in [1.807, 2.05) is 55.4 Å². The number of carboxylic acids is 1. The molecule has 3 amide bonds. The van der Waals surface area contributed by atoms with Crippen LogP contribution in [0.5, 0.6) is 5.75 Å². The van der Waals surface area contributed by atoms with E-state index in [9.17, 15) is 27.6 Å². The molecule has 1 atom stereocenters. The summed E-state index contributed by atoms with van der Waals surface area (Å²) in [6, 6.07) is 20.1. The third-order valence-corrected chi connectivity index (χ3v) is 5.83. The minimum absolute atomic E-state index is 0.229. The molecule has 5 N–H and O–H groups in total. The number of halogens is 3. The van der Waals surface area contributed by atoms with Crippen molar-refractivity contribution in [2.75, 3.05) is 31.4 Å². The van der Waals surface area contributed by atoms with Crippen molar-refractivity contribution in [3.8, 4) is 5.75 Å². The van der Waals surface area contributed by atoms with E-state index < -0.39 is 35.9 Å². The molecular weight excluding hydrogens is 585 g/mol. The number of aliphatic carboxylic acids is 1. The Morgan fingerprint density at radius 3 is 1.98 bits per heavy atom. The van der Waals surface area contributed by atoms with Crippen LogP contribution in [-0.4, -0.2) is 67.4 Å². The zero-order chi connectivity index (χ0) is 32.9. The van der Waals surface area contributed by atoms with E-state index in [4.69, 9.17) is 19.8 Å². The third-order valence-electron chi connectivity index (χ3n) is 5.83. The smallest absolute Gasteiger partial charge is 0.490 e. The summed E-state index contributed by atoms with van der Waals surface area (Å²) in [7, 11) is 5.47. The molecule has 0 aliphatic heterocycles. The molecule has 234 valence electrons. The first-order chi connectivity index (χ1) is 20.7. The van der Waals surface area contributed by atoms with Crippen LogP contribution in [0.1, 0.15) is 21.5 Å². The molecule has 0 fully saturated rings. The number of alkyl halides is 3. The lowest BCUT2D eigenvalue weighted by atomic mass is 10.0. The number of carbonyl (C=O) groups excluding carboxylic acids is 3. The van der Waals surface area contributed by atoms with Gasteiger partial charge in [-0.3, -0.25) is 19.6 Å². The van der Waals surface area contributed by atoms with Crippen molar-refractivity contribution >= 4 is 41.1 Å². The molecular formula is C30H31F3N4O7. The zero-order valence-corrected chi connectivity index (χ0v) is 23.9. The van der Waals surface area contributed by atoms with Gasteiger partial charge in [-0.1, -0.05) is 24.3 Å². The molecule has 0 aliphatic rings. The molecule has 44 heavy (non-hydrogen) atoms. The van der Waals surface area contributed by atoms with Crippen LogP contribution in [-0.2, 0) is 20.8 Å². The number of ether oxygens (including phenoxy) is 1. The first-order valence-corrected chi connectivity index (χ1v) is 12.8. The Balaban J connectivity index is 0.000000860. The number of hydroxylamine groups is 1. The van der Waals surface area contributed by atoms with Crippen LogP contribution in [0.3, 0.4) is 0 Å². The summed E-state index contributed by atoms with van der Waals surface area (Å²) in [4.78, 5) is 48.3. The average Bonchev–Trinajstić information content (AvgIpc) is 3.00. The fourth-order valence-electron chi connectivity index (χ4n) is 3.48. The SMILES string of the molecule is COc1ccc(C[C@H](NC(=O)/C=C/c2ccc(N(C)C)cc2)C(=O)Nc2ccc(C(=O)NO)cc2)cc1.O=C(O)C(F)(F)F. The summed E-state index contributed by atoms with van der Waals surface area (Å²) in [5.74, 6) is -3.57. The Bertz CT molecular complexity index is 1440. The number of amides is 3. The highest BCUT2D eigenvalue weighted by atomic mass is 19.4. The summed E-state index contributed by atoms with van der Waals surface area (Å²) in [6.07, 6.45) is -1.76. The van der Waals surface area contributed by atoms with E-state index in [1.54, 1.807) is 30.8 Å². The number of rotatable bonds is 10. The molecule has 0 saturated carbocycles. The van der Waals surface area contributed by atoms with Gasteiger partial charge in [-0.25, -0.2) is 10.3 Å². The number of hydrogen-bond acceptors (Lipinski definition) is 7. The molecule has 0 unspecified atom stereocenters. The molecule has 3 aromatic carbocycles. The van der Waals surface area contributed by atoms with E-state index in [0.717, 1.165) is 16.8 Å². The number of carboxylic acid groups (broad SMARTS) is 1. The van der Waals surface area contributed by atoms with Crippen LogP contribution in [0.2, 0.25) is 0 Å². The second kappa shape index (κ2) is 16.3. The normalized spacial score (nSPS) is 11.4. The average molecular weight is 617 g/mol. The van der Waals surface area contributed by atoms with Crippen LogP contribution in [0.15, 0.2) is 78.9 Å². The quantitative estimate of drug-likeness (QED) is 0.130. The van der Waals surface area contributed by atoms with Crippen molar-refractivity contribution in [1.82, 2.24) is 10.8 Å². The van der Waals surface area contributed by atoms with Gasteiger partial charge in [0.25, 0.3) is 5.91 Å². The second-order valence-electron chi connectivity index (χ2n) is 9.24. The molecule has 0 heterocycles. The first-order valence-electron chi connectivity index (χ1n) is 12.8. The number of anilines is 2. The van der Waals surface area contributed by atoms with Crippen LogP contribution in [0.4, 0.5) is 24.5 Å². The molecule has 0 aromatic heterocycles. The molecule has 11 nitrogen and oxygen atoms in total. The van der Waals surface area contributed by atoms with Gasteiger partial charge < -0.3 is 25.4 Å². The number of benzene rings is 3. The van der Waals surface area contributed by atoms with E-state index in [2.05, 4.69) is 10.6 Å². The number of carbonyl (C=O) groups is 4. The third kappa shape index (κ3) is 11.5. The van der Waals surface area contributed by atoms with Gasteiger partial charge in [0.05, 0.1) is 7.11 Å².